The van der Waals surface area contributed by atoms with Crippen LogP contribution in [0, 0.1) is 13.8 Å². The first-order chi connectivity index (χ1) is 13.4. The molecule has 0 aliphatic rings. The molecule has 0 aliphatic heterocycles. The van der Waals surface area contributed by atoms with Gasteiger partial charge < -0.3 is 10.2 Å². The zero-order valence-corrected chi connectivity index (χ0v) is 18.4. The number of phenols is 2. The topological polar surface area (TPSA) is 40.5 Å². The molecule has 2 nitrogen and oxygen atoms in total. The van der Waals surface area contributed by atoms with Crippen LogP contribution in [0.5, 0.6) is 11.5 Å². The summed E-state index contributed by atoms with van der Waals surface area (Å²) in [5, 5.41) is 20.5. The molecular weight excluding hydrogens is 344 g/mol. The normalized spacial score (nSPS) is 11.4. The Bertz CT molecular complexity index is 713. The fourth-order valence-corrected chi connectivity index (χ4v) is 4.57. The summed E-state index contributed by atoms with van der Waals surface area (Å²) < 4.78 is 0. The van der Waals surface area contributed by atoms with Crippen LogP contribution < -0.4 is 0 Å². The van der Waals surface area contributed by atoms with E-state index in [2.05, 4.69) is 34.6 Å². The highest BCUT2D eigenvalue weighted by molar-refractivity contribution is 5.52. The zero-order valence-electron chi connectivity index (χ0n) is 18.4. The van der Waals surface area contributed by atoms with Crippen LogP contribution in [0.15, 0.2) is 24.3 Å². The van der Waals surface area contributed by atoms with E-state index in [1.165, 1.54) is 33.4 Å². The zero-order chi connectivity index (χ0) is 20.7. The number of benzene rings is 2. The first-order valence-corrected chi connectivity index (χ1v) is 11.1. The lowest BCUT2D eigenvalue weighted by Crippen LogP contribution is -2.12. The van der Waals surface area contributed by atoms with Gasteiger partial charge in [-0.2, -0.15) is 0 Å². The number of rotatable bonds is 10. The highest BCUT2D eigenvalue weighted by atomic mass is 16.3. The average Bonchev–Trinajstić information content (AvgIpc) is 2.63. The largest absolute Gasteiger partial charge is 0.508 e. The van der Waals surface area contributed by atoms with Gasteiger partial charge in [-0.1, -0.05) is 40.0 Å². The molecule has 0 heterocycles. The van der Waals surface area contributed by atoms with Crippen molar-refractivity contribution in [2.24, 2.45) is 0 Å². The minimum Gasteiger partial charge on any atom is -0.508 e. The van der Waals surface area contributed by atoms with Gasteiger partial charge in [0.1, 0.15) is 11.5 Å². The predicted molar refractivity (Wildman–Crippen MR) is 120 cm³/mol. The van der Waals surface area contributed by atoms with Gasteiger partial charge in [-0.05, 0) is 104 Å². The predicted octanol–water partition coefficient (Wildman–Crippen LogP) is 7.33. The van der Waals surface area contributed by atoms with Crippen molar-refractivity contribution in [3.05, 3.63) is 57.6 Å². The van der Waals surface area contributed by atoms with Crippen LogP contribution in [-0.4, -0.2) is 10.2 Å². The average molecular weight is 383 g/mol. The fourth-order valence-electron chi connectivity index (χ4n) is 4.57. The van der Waals surface area contributed by atoms with Gasteiger partial charge in [0, 0.05) is 5.92 Å². The molecule has 0 fully saturated rings. The molecule has 0 bridgehead atoms. The maximum atomic E-state index is 10.2. The summed E-state index contributed by atoms with van der Waals surface area (Å²) in [5.41, 5.74) is 7.70. The van der Waals surface area contributed by atoms with Crippen LogP contribution >= 0.6 is 0 Å². The van der Waals surface area contributed by atoms with E-state index < -0.39 is 0 Å². The number of aromatic hydroxyl groups is 2. The van der Waals surface area contributed by atoms with Crippen molar-refractivity contribution in [2.75, 3.05) is 0 Å². The molecule has 0 aliphatic carbocycles. The number of hydrogen-bond donors (Lipinski definition) is 2. The third-order valence-electron chi connectivity index (χ3n) is 5.79. The lowest BCUT2D eigenvalue weighted by molar-refractivity contribution is 0.472. The van der Waals surface area contributed by atoms with Gasteiger partial charge in [0.15, 0.2) is 0 Å². The number of unbranched alkanes of at least 4 members (excludes halogenated alkanes) is 2. The summed E-state index contributed by atoms with van der Waals surface area (Å²) >= 11 is 0. The van der Waals surface area contributed by atoms with Gasteiger partial charge in [0.05, 0.1) is 0 Å². The van der Waals surface area contributed by atoms with E-state index in [-0.39, 0.29) is 0 Å². The standard InChI is InChI=1S/C26H38O2/c1-6-9-12-20-16-22(27)14-18(4)25(20)24(11-8-3)26-19(5)15-23(28)17-21(26)13-10-7-2/h14-17,24,27-28H,6-13H2,1-5H3. The maximum absolute atomic E-state index is 10.2. The second-order valence-electron chi connectivity index (χ2n) is 8.22. The van der Waals surface area contributed by atoms with Gasteiger partial charge in [-0.3, -0.25) is 0 Å². The highest BCUT2D eigenvalue weighted by Gasteiger charge is 2.24. The molecule has 28 heavy (non-hydrogen) atoms. The van der Waals surface area contributed by atoms with Crippen LogP contribution in [0.1, 0.15) is 98.6 Å². The Balaban J connectivity index is 2.67. The fraction of sp³-hybridized carbons (Fsp3) is 0.538. The monoisotopic (exact) mass is 382 g/mol. The molecule has 0 unspecified atom stereocenters. The van der Waals surface area contributed by atoms with Crippen LogP contribution in [0.3, 0.4) is 0 Å². The molecule has 2 aromatic carbocycles. The number of phenolic OH excluding ortho intramolecular Hbond substituents is 2. The highest BCUT2D eigenvalue weighted by Crippen LogP contribution is 2.40. The molecular formula is C26H38O2. The van der Waals surface area contributed by atoms with Crippen LogP contribution in [0.4, 0.5) is 0 Å². The van der Waals surface area contributed by atoms with E-state index >= 15 is 0 Å². The van der Waals surface area contributed by atoms with Crippen molar-refractivity contribution in [2.45, 2.75) is 91.9 Å². The molecule has 2 heteroatoms. The van der Waals surface area contributed by atoms with Crippen molar-refractivity contribution >= 4 is 0 Å². The van der Waals surface area contributed by atoms with Gasteiger partial charge in [0.25, 0.3) is 0 Å². The van der Waals surface area contributed by atoms with Gasteiger partial charge >= 0.3 is 0 Å². The molecule has 154 valence electrons. The Hall–Kier alpha value is -1.96. The third-order valence-corrected chi connectivity index (χ3v) is 5.79. The molecule has 0 atom stereocenters. The molecule has 2 rings (SSSR count). The minimum absolute atomic E-state index is 0.310. The maximum Gasteiger partial charge on any atom is 0.116 e. The van der Waals surface area contributed by atoms with E-state index in [1.807, 2.05) is 24.3 Å². The molecule has 0 saturated carbocycles. The lowest BCUT2D eigenvalue weighted by Gasteiger charge is -2.27. The summed E-state index contributed by atoms with van der Waals surface area (Å²) in [5.74, 6) is 1.05. The van der Waals surface area contributed by atoms with E-state index in [9.17, 15) is 10.2 Å². The lowest BCUT2D eigenvalue weighted by atomic mass is 9.77. The molecule has 0 amide bonds. The number of aryl methyl sites for hydroxylation is 4. The molecule has 2 N–H and O–H groups in total. The van der Waals surface area contributed by atoms with Crippen LogP contribution in [-0.2, 0) is 12.8 Å². The minimum atomic E-state index is 0.310. The Kier molecular flexibility index (Phi) is 8.41. The van der Waals surface area contributed by atoms with E-state index in [0.29, 0.717) is 17.4 Å². The SMILES string of the molecule is CCCCc1cc(O)cc(C)c1C(CCC)c1c(C)cc(O)cc1CCCC. The Morgan fingerprint density at radius 3 is 1.46 bits per heavy atom. The van der Waals surface area contributed by atoms with E-state index in [1.54, 1.807) is 0 Å². The molecule has 0 saturated heterocycles. The van der Waals surface area contributed by atoms with Crippen molar-refractivity contribution in [1.29, 1.82) is 0 Å². The summed E-state index contributed by atoms with van der Waals surface area (Å²) in [7, 11) is 0. The quantitative estimate of drug-likeness (QED) is 0.451. The summed E-state index contributed by atoms with van der Waals surface area (Å²) in [6.45, 7) is 10.9. The second kappa shape index (κ2) is 10.5. The smallest absolute Gasteiger partial charge is 0.116 e. The van der Waals surface area contributed by atoms with Crippen molar-refractivity contribution in [3.8, 4) is 11.5 Å². The number of hydrogen-bond acceptors (Lipinski definition) is 2. The van der Waals surface area contributed by atoms with Crippen molar-refractivity contribution in [1.82, 2.24) is 0 Å². The first-order valence-electron chi connectivity index (χ1n) is 11.1. The van der Waals surface area contributed by atoms with Crippen LogP contribution in [0.25, 0.3) is 0 Å². The summed E-state index contributed by atoms with van der Waals surface area (Å²) in [6.07, 6.45) is 8.74. The Labute approximate surface area is 171 Å². The van der Waals surface area contributed by atoms with E-state index in [0.717, 1.165) is 51.4 Å². The van der Waals surface area contributed by atoms with Gasteiger partial charge in [-0.25, -0.2) is 0 Å². The van der Waals surface area contributed by atoms with Crippen molar-refractivity contribution < 1.29 is 10.2 Å². The summed E-state index contributed by atoms with van der Waals surface area (Å²) in [4.78, 5) is 0. The molecule has 0 aromatic heterocycles. The third kappa shape index (κ3) is 5.31. The molecule has 2 aromatic rings. The van der Waals surface area contributed by atoms with Gasteiger partial charge in [0.2, 0.25) is 0 Å². The van der Waals surface area contributed by atoms with Crippen molar-refractivity contribution in [3.63, 3.8) is 0 Å². The van der Waals surface area contributed by atoms with E-state index in [4.69, 9.17) is 0 Å². The summed E-state index contributed by atoms with van der Waals surface area (Å²) in [6, 6.07) is 7.77. The second-order valence-corrected chi connectivity index (χ2v) is 8.22. The molecule has 0 radical (unpaired) electrons. The van der Waals surface area contributed by atoms with Gasteiger partial charge in [-0.15, -0.1) is 0 Å². The first kappa shape index (κ1) is 22.3. The Morgan fingerprint density at radius 1 is 0.679 bits per heavy atom. The Morgan fingerprint density at radius 2 is 1.11 bits per heavy atom. The van der Waals surface area contributed by atoms with Crippen LogP contribution in [0.2, 0.25) is 0 Å². The molecule has 0 spiro atoms.